The Morgan fingerprint density at radius 2 is 1.87 bits per heavy atom. The second-order valence-electron chi connectivity index (χ2n) is 5.32. The number of nitriles is 2. The van der Waals surface area contributed by atoms with Crippen molar-refractivity contribution in [1.29, 1.82) is 10.5 Å². The Labute approximate surface area is 134 Å². The lowest BCUT2D eigenvalue weighted by Crippen LogP contribution is -2.49. The third-order valence-corrected chi connectivity index (χ3v) is 3.96. The molecule has 2 fully saturated rings. The van der Waals surface area contributed by atoms with Gasteiger partial charge in [-0.2, -0.15) is 10.5 Å². The lowest BCUT2D eigenvalue weighted by Gasteiger charge is -2.42. The summed E-state index contributed by atoms with van der Waals surface area (Å²) in [5, 5.41) is 18.2. The van der Waals surface area contributed by atoms with E-state index in [1.807, 2.05) is 42.5 Å². The Morgan fingerprint density at radius 1 is 1.13 bits per heavy atom. The monoisotopic (exact) mass is 312 g/mol. The van der Waals surface area contributed by atoms with Gasteiger partial charge in [-0.15, -0.1) is 0 Å². The summed E-state index contributed by atoms with van der Waals surface area (Å²) >= 11 is 0. The van der Waals surface area contributed by atoms with Crippen LogP contribution in [0.2, 0.25) is 0 Å². The molecule has 4 atom stereocenters. The van der Waals surface area contributed by atoms with Crippen molar-refractivity contribution in [2.75, 3.05) is 13.7 Å². The quantitative estimate of drug-likeness (QED) is 0.778. The summed E-state index contributed by atoms with van der Waals surface area (Å²) in [5.74, 6) is 0. The van der Waals surface area contributed by atoms with Crippen LogP contribution in [0.5, 0.6) is 0 Å². The van der Waals surface area contributed by atoms with Gasteiger partial charge in [0.25, 0.3) is 0 Å². The van der Waals surface area contributed by atoms with Gasteiger partial charge < -0.3 is 18.9 Å². The highest BCUT2D eigenvalue weighted by molar-refractivity contribution is 5.42. The SMILES string of the molecule is CO[C@H]1O[C@@H]2COC(c3ccccc3)O[C@H]2CC1=C(C#N)C#N. The Morgan fingerprint density at radius 3 is 2.52 bits per heavy atom. The Kier molecular flexibility index (Phi) is 4.71. The molecule has 0 bridgehead atoms. The second kappa shape index (κ2) is 6.91. The predicted octanol–water partition coefficient (Wildman–Crippen LogP) is 2.21. The average molecular weight is 312 g/mol. The van der Waals surface area contributed by atoms with E-state index in [0.29, 0.717) is 18.6 Å². The van der Waals surface area contributed by atoms with Crippen LogP contribution in [-0.2, 0) is 18.9 Å². The van der Waals surface area contributed by atoms with E-state index in [1.165, 1.54) is 7.11 Å². The van der Waals surface area contributed by atoms with Gasteiger partial charge in [0, 0.05) is 24.7 Å². The molecule has 0 aliphatic carbocycles. The number of hydrogen-bond acceptors (Lipinski definition) is 6. The molecule has 3 rings (SSSR count). The van der Waals surface area contributed by atoms with Crippen LogP contribution in [0.25, 0.3) is 0 Å². The fraction of sp³-hybridized carbons (Fsp3) is 0.412. The zero-order valence-electron chi connectivity index (χ0n) is 12.6. The van der Waals surface area contributed by atoms with Crippen molar-refractivity contribution in [3.8, 4) is 12.1 Å². The maximum Gasteiger partial charge on any atom is 0.184 e. The van der Waals surface area contributed by atoms with Crippen molar-refractivity contribution in [2.24, 2.45) is 0 Å². The molecule has 0 aromatic heterocycles. The van der Waals surface area contributed by atoms with Gasteiger partial charge >= 0.3 is 0 Å². The van der Waals surface area contributed by atoms with Crippen LogP contribution in [0.3, 0.4) is 0 Å². The molecule has 2 aliphatic heterocycles. The van der Waals surface area contributed by atoms with E-state index in [2.05, 4.69) is 0 Å². The number of rotatable bonds is 2. The minimum absolute atomic E-state index is 0.0154. The van der Waals surface area contributed by atoms with Crippen LogP contribution >= 0.6 is 0 Å². The van der Waals surface area contributed by atoms with Crippen molar-refractivity contribution >= 4 is 0 Å². The number of nitrogens with zero attached hydrogens (tertiary/aromatic N) is 2. The van der Waals surface area contributed by atoms with Gasteiger partial charge in [0.1, 0.15) is 23.8 Å². The van der Waals surface area contributed by atoms with E-state index < -0.39 is 12.6 Å². The highest BCUT2D eigenvalue weighted by Crippen LogP contribution is 2.36. The molecule has 0 saturated carbocycles. The van der Waals surface area contributed by atoms with Crippen molar-refractivity contribution in [1.82, 2.24) is 0 Å². The number of hydrogen-bond donors (Lipinski definition) is 0. The number of allylic oxidation sites excluding steroid dienone is 1. The van der Waals surface area contributed by atoms with Crippen LogP contribution in [0, 0.1) is 22.7 Å². The van der Waals surface area contributed by atoms with Gasteiger partial charge in [0.05, 0.1) is 12.7 Å². The zero-order valence-corrected chi connectivity index (χ0v) is 12.6. The maximum absolute atomic E-state index is 9.11. The Hall–Kier alpha value is -2.22. The topological polar surface area (TPSA) is 84.5 Å². The molecule has 0 radical (unpaired) electrons. The van der Waals surface area contributed by atoms with Crippen LogP contribution in [0.4, 0.5) is 0 Å². The molecule has 1 unspecified atom stereocenters. The Balaban J connectivity index is 1.81. The van der Waals surface area contributed by atoms with E-state index in [9.17, 15) is 0 Å². The Bertz CT molecular complexity index is 658. The first kappa shape index (κ1) is 15.7. The van der Waals surface area contributed by atoms with Gasteiger partial charge in [-0.3, -0.25) is 0 Å². The minimum Gasteiger partial charge on any atom is -0.352 e. The molecule has 2 heterocycles. The maximum atomic E-state index is 9.11. The fourth-order valence-corrected chi connectivity index (χ4v) is 2.81. The van der Waals surface area contributed by atoms with Crippen molar-refractivity contribution in [3.63, 3.8) is 0 Å². The van der Waals surface area contributed by atoms with E-state index in [1.54, 1.807) is 0 Å². The molecule has 6 heteroatoms. The summed E-state index contributed by atoms with van der Waals surface area (Å²) in [7, 11) is 1.48. The van der Waals surface area contributed by atoms with Crippen LogP contribution in [-0.4, -0.2) is 32.2 Å². The second-order valence-corrected chi connectivity index (χ2v) is 5.32. The lowest BCUT2D eigenvalue weighted by molar-refractivity contribution is -0.300. The van der Waals surface area contributed by atoms with Gasteiger partial charge in [-0.25, -0.2) is 0 Å². The van der Waals surface area contributed by atoms with Gasteiger partial charge in [0.2, 0.25) is 0 Å². The fourth-order valence-electron chi connectivity index (χ4n) is 2.81. The molecule has 2 saturated heterocycles. The summed E-state index contributed by atoms with van der Waals surface area (Å²) in [6.07, 6.45) is -1.36. The molecule has 2 aliphatic rings. The smallest absolute Gasteiger partial charge is 0.184 e. The summed E-state index contributed by atoms with van der Waals surface area (Å²) in [6, 6.07) is 13.4. The van der Waals surface area contributed by atoms with Crippen molar-refractivity contribution in [3.05, 3.63) is 47.0 Å². The molecule has 0 amide bonds. The van der Waals surface area contributed by atoms with Crippen LogP contribution in [0.15, 0.2) is 41.5 Å². The molecule has 0 N–H and O–H groups in total. The molecule has 0 spiro atoms. The number of ether oxygens (including phenoxy) is 4. The highest BCUT2D eigenvalue weighted by Gasteiger charge is 2.41. The third-order valence-electron chi connectivity index (χ3n) is 3.96. The average Bonchev–Trinajstić information content (AvgIpc) is 2.62. The van der Waals surface area contributed by atoms with Crippen molar-refractivity contribution < 1.29 is 18.9 Å². The van der Waals surface area contributed by atoms with Gasteiger partial charge in [-0.1, -0.05) is 30.3 Å². The van der Waals surface area contributed by atoms with Crippen molar-refractivity contribution in [2.45, 2.75) is 31.2 Å². The summed E-state index contributed by atoms with van der Waals surface area (Å²) in [4.78, 5) is 0. The zero-order chi connectivity index (χ0) is 16.2. The highest BCUT2D eigenvalue weighted by atomic mass is 16.7. The summed E-state index contributed by atoms with van der Waals surface area (Å²) in [5.41, 5.74) is 1.46. The summed E-state index contributed by atoms with van der Waals surface area (Å²) in [6.45, 7) is 0.367. The summed E-state index contributed by atoms with van der Waals surface area (Å²) < 4.78 is 22.8. The van der Waals surface area contributed by atoms with Crippen LogP contribution < -0.4 is 0 Å². The predicted molar refractivity (Wildman–Crippen MR) is 78.5 cm³/mol. The van der Waals surface area contributed by atoms with Gasteiger partial charge in [0.15, 0.2) is 12.6 Å². The lowest BCUT2D eigenvalue weighted by atomic mass is 9.95. The molecule has 6 nitrogen and oxygen atoms in total. The molecule has 23 heavy (non-hydrogen) atoms. The molecule has 1 aromatic carbocycles. The first-order valence-corrected chi connectivity index (χ1v) is 7.30. The third kappa shape index (κ3) is 3.12. The number of benzene rings is 1. The number of methoxy groups -OCH3 is 1. The molecular weight excluding hydrogens is 296 g/mol. The minimum atomic E-state index is -0.717. The normalized spacial score (nSPS) is 30.0. The first-order chi connectivity index (χ1) is 11.3. The van der Waals surface area contributed by atoms with E-state index in [0.717, 1.165) is 5.56 Å². The van der Waals surface area contributed by atoms with E-state index in [-0.39, 0.29) is 17.8 Å². The number of fused-ring (bicyclic) bond motifs is 1. The largest absolute Gasteiger partial charge is 0.352 e. The molecule has 118 valence electrons. The van der Waals surface area contributed by atoms with E-state index >= 15 is 0 Å². The first-order valence-electron chi connectivity index (χ1n) is 7.30. The van der Waals surface area contributed by atoms with Crippen LogP contribution in [0.1, 0.15) is 18.3 Å². The molecule has 1 aromatic rings. The standard InChI is InChI=1S/C17H16N2O4/c1-20-17-13(12(8-18)9-19)7-14-15(23-17)10-21-16(22-14)11-5-3-2-4-6-11/h2-6,14-17H,7,10H2,1H3/t14-,15+,16?,17-/m0/s1. The van der Waals surface area contributed by atoms with E-state index in [4.69, 9.17) is 29.5 Å². The molecular formula is C17H16N2O4. The van der Waals surface area contributed by atoms with Gasteiger partial charge in [-0.05, 0) is 0 Å².